The summed E-state index contributed by atoms with van der Waals surface area (Å²) in [5, 5.41) is 2.64. The number of amides is 1. The van der Waals surface area contributed by atoms with Crippen molar-refractivity contribution in [3.05, 3.63) is 64.2 Å². The van der Waals surface area contributed by atoms with Gasteiger partial charge in [0.1, 0.15) is 16.5 Å². The number of nitrogens with one attached hydrogen (secondary N) is 1. The maximum atomic E-state index is 13.8. The molecule has 0 radical (unpaired) electrons. The van der Waals surface area contributed by atoms with Gasteiger partial charge in [0, 0.05) is 30.3 Å². The molecule has 2 aromatic carbocycles. The second kappa shape index (κ2) is 9.65. The summed E-state index contributed by atoms with van der Waals surface area (Å²) in [6.07, 6.45) is -0.0531. The first-order valence-electron chi connectivity index (χ1n) is 9.15. The van der Waals surface area contributed by atoms with Gasteiger partial charge in [-0.2, -0.15) is 4.31 Å². The number of hydrogen-bond donors (Lipinski definition) is 1. The van der Waals surface area contributed by atoms with Crippen molar-refractivity contribution in [3.8, 4) is 0 Å². The fraction of sp³-hybridized carbons (Fsp3) is 0.350. The van der Waals surface area contributed by atoms with Gasteiger partial charge in [-0.3, -0.25) is 4.79 Å². The fourth-order valence-corrected chi connectivity index (χ4v) is 4.89. The average molecular weight is 445 g/mol. The average Bonchev–Trinajstić information content (AvgIpc) is 2.65. The molecular formula is C20H23ClF2N2O3S. The van der Waals surface area contributed by atoms with E-state index in [1.165, 1.54) is 28.6 Å². The summed E-state index contributed by atoms with van der Waals surface area (Å²) < 4.78 is 54.4. The largest absolute Gasteiger partial charge is 0.349 e. The van der Waals surface area contributed by atoms with Crippen LogP contribution in [0.4, 0.5) is 8.78 Å². The molecule has 5 nitrogen and oxygen atoms in total. The van der Waals surface area contributed by atoms with Gasteiger partial charge in [0.25, 0.3) is 5.91 Å². The third kappa shape index (κ3) is 5.32. The van der Waals surface area contributed by atoms with Crippen LogP contribution in [-0.2, 0) is 16.4 Å². The van der Waals surface area contributed by atoms with Gasteiger partial charge < -0.3 is 5.32 Å². The van der Waals surface area contributed by atoms with Crippen molar-refractivity contribution in [1.29, 1.82) is 0 Å². The number of carbonyl (C=O) groups is 1. The van der Waals surface area contributed by atoms with E-state index < -0.39 is 33.6 Å². The number of nitrogens with zero attached hydrogens (tertiary/aromatic N) is 1. The maximum Gasteiger partial charge on any atom is 0.251 e. The van der Waals surface area contributed by atoms with Crippen LogP contribution in [0.3, 0.4) is 0 Å². The number of rotatable bonds is 8. The first-order chi connectivity index (χ1) is 13.6. The van der Waals surface area contributed by atoms with Crippen LogP contribution >= 0.6 is 11.6 Å². The predicted molar refractivity (Wildman–Crippen MR) is 109 cm³/mol. The van der Waals surface area contributed by atoms with Gasteiger partial charge in [-0.05, 0) is 43.7 Å². The third-order valence-corrected chi connectivity index (χ3v) is 7.00. The molecule has 0 aromatic heterocycles. The van der Waals surface area contributed by atoms with E-state index in [1.807, 2.05) is 0 Å². The minimum absolute atomic E-state index is 0.00919. The molecule has 0 fully saturated rings. The van der Waals surface area contributed by atoms with E-state index >= 15 is 0 Å². The van der Waals surface area contributed by atoms with E-state index in [-0.39, 0.29) is 40.6 Å². The minimum atomic E-state index is -3.85. The molecule has 0 aliphatic carbocycles. The Kier molecular flexibility index (Phi) is 7.73. The van der Waals surface area contributed by atoms with Gasteiger partial charge in [-0.1, -0.05) is 31.5 Å². The Hall–Kier alpha value is -2.03. The van der Waals surface area contributed by atoms with Gasteiger partial charge in [0.15, 0.2) is 0 Å². The van der Waals surface area contributed by atoms with E-state index in [0.29, 0.717) is 0 Å². The van der Waals surface area contributed by atoms with Crippen molar-refractivity contribution in [1.82, 2.24) is 9.62 Å². The zero-order valence-electron chi connectivity index (χ0n) is 16.4. The Labute approximate surface area is 174 Å². The summed E-state index contributed by atoms with van der Waals surface area (Å²) >= 11 is 6.07. The third-order valence-electron chi connectivity index (χ3n) is 4.47. The lowest BCUT2D eigenvalue weighted by Crippen LogP contribution is -2.35. The molecule has 1 amide bonds. The minimum Gasteiger partial charge on any atom is -0.349 e. The molecular weight excluding hydrogens is 422 g/mol. The Morgan fingerprint density at radius 3 is 2.28 bits per heavy atom. The first-order valence-corrected chi connectivity index (χ1v) is 11.0. The highest BCUT2D eigenvalue weighted by Gasteiger charge is 2.26. The standard InChI is InChI=1S/C20H23ClF2N2O3S/c1-4-25(5-2)29(27,28)19-12-14(9-10-16(19)21)20(26)24-13(3)11-15-17(22)7-6-8-18(15)23/h6-10,12-13H,4-5,11H2,1-3H3,(H,24,26). The molecule has 1 unspecified atom stereocenters. The van der Waals surface area contributed by atoms with Gasteiger partial charge >= 0.3 is 0 Å². The van der Waals surface area contributed by atoms with Crippen LogP contribution in [-0.4, -0.2) is 37.8 Å². The molecule has 0 saturated heterocycles. The summed E-state index contributed by atoms with van der Waals surface area (Å²) in [6, 6.07) is 6.92. The summed E-state index contributed by atoms with van der Waals surface area (Å²) in [6.45, 7) is 5.53. The topological polar surface area (TPSA) is 66.5 Å². The monoisotopic (exact) mass is 444 g/mol. The first kappa shape index (κ1) is 23.3. The van der Waals surface area contributed by atoms with Crippen LogP contribution in [0.25, 0.3) is 0 Å². The normalized spacial score (nSPS) is 12.8. The van der Waals surface area contributed by atoms with E-state index in [1.54, 1.807) is 20.8 Å². The molecule has 29 heavy (non-hydrogen) atoms. The number of sulfonamides is 1. The van der Waals surface area contributed by atoms with Crippen molar-refractivity contribution < 1.29 is 22.0 Å². The Bertz CT molecular complexity index is 975. The Morgan fingerprint density at radius 2 is 1.72 bits per heavy atom. The SMILES string of the molecule is CCN(CC)S(=O)(=O)c1cc(C(=O)NC(C)Cc2c(F)cccc2F)ccc1Cl. The molecule has 158 valence electrons. The van der Waals surface area contributed by atoms with Crippen LogP contribution in [0.1, 0.15) is 36.7 Å². The van der Waals surface area contributed by atoms with Crippen LogP contribution in [0, 0.1) is 11.6 Å². The summed E-state index contributed by atoms with van der Waals surface area (Å²) in [7, 11) is -3.85. The number of hydrogen-bond acceptors (Lipinski definition) is 3. The molecule has 0 bridgehead atoms. The molecule has 0 aliphatic rings. The van der Waals surface area contributed by atoms with E-state index in [9.17, 15) is 22.0 Å². The molecule has 1 atom stereocenters. The lowest BCUT2D eigenvalue weighted by molar-refractivity contribution is 0.0939. The molecule has 0 heterocycles. The lowest BCUT2D eigenvalue weighted by atomic mass is 10.1. The molecule has 0 saturated carbocycles. The number of carbonyl (C=O) groups excluding carboxylic acids is 1. The predicted octanol–water partition coefficient (Wildman–Crippen LogP) is 4.01. The number of benzene rings is 2. The summed E-state index contributed by atoms with van der Waals surface area (Å²) in [5.41, 5.74) is -0.0396. The molecule has 0 aliphatic heterocycles. The lowest BCUT2D eigenvalue weighted by Gasteiger charge is -2.20. The van der Waals surface area contributed by atoms with Crippen molar-refractivity contribution in [2.24, 2.45) is 0 Å². The Balaban J connectivity index is 2.24. The summed E-state index contributed by atoms with van der Waals surface area (Å²) in [5.74, 6) is -1.95. The van der Waals surface area contributed by atoms with Crippen molar-refractivity contribution >= 4 is 27.5 Å². The molecule has 1 N–H and O–H groups in total. The van der Waals surface area contributed by atoms with Gasteiger partial charge in [0.05, 0.1) is 5.02 Å². The van der Waals surface area contributed by atoms with Gasteiger partial charge in [-0.15, -0.1) is 0 Å². The summed E-state index contributed by atoms with van der Waals surface area (Å²) in [4.78, 5) is 12.4. The van der Waals surface area contributed by atoms with Crippen LogP contribution < -0.4 is 5.32 Å². The Morgan fingerprint density at radius 1 is 1.14 bits per heavy atom. The molecule has 0 spiro atoms. The van der Waals surface area contributed by atoms with Crippen LogP contribution in [0.2, 0.25) is 5.02 Å². The second-order valence-electron chi connectivity index (χ2n) is 6.51. The zero-order chi connectivity index (χ0) is 21.8. The highest BCUT2D eigenvalue weighted by atomic mass is 35.5. The van der Waals surface area contributed by atoms with Crippen molar-refractivity contribution in [2.75, 3.05) is 13.1 Å². The van der Waals surface area contributed by atoms with E-state index in [0.717, 1.165) is 12.1 Å². The maximum absolute atomic E-state index is 13.8. The van der Waals surface area contributed by atoms with Crippen molar-refractivity contribution in [3.63, 3.8) is 0 Å². The van der Waals surface area contributed by atoms with E-state index in [2.05, 4.69) is 5.32 Å². The highest BCUT2D eigenvalue weighted by Crippen LogP contribution is 2.26. The van der Waals surface area contributed by atoms with Crippen LogP contribution in [0.15, 0.2) is 41.3 Å². The quantitative estimate of drug-likeness (QED) is 0.669. The zero-order valence-corrected chi connectivity index (χ0v) is 17.9. The van der Waals surface area contributed by atoms with E-state index in [4.69, 9.17) is 11.6 Å². The molecule has 2 aromatic rings. The number of halogens is 3. The fourth-order valence-electron chi connectivity index (χ4n) is 2.94. The van der Waals surface area contributed by atoms with Crippen molar-refractivity contribution in [2.45, 2.75) is 38.1 Å². The molecule has 2 rings (SSSR count). The highest BCUT2D eigenvalue weighted by molar-refractivity contribution is 7.89. The second-order valence-corrected chi connectivity index (χ2v) is 8.83. The van der Waals surface area contributed by atoms with Gasteiger partial charge in [-0.25, -0.2) is 17.2 Å². The molecule has 9 heteroatoms. The smallest absolute Gasteiger partial charge is 0.251 e. The van der Waals surface area contributed by atoms with Gasteiger partial charge in [0.2, 0.25) is 10.0 Å². The van der Waals surface area contributed by atoms with Crippen LogP contribution in [0.5, 0.6) is 0 Å².